The predicted molar refractivity (Wildman–Crippen MR) is 94.7 cm³/mol. The van der Waals surface area contributed by atoms with Gasteiger partial charge < -0.3 is 10.2 Å². The molecular formula is C18H17F3N6O. The van der Waals surface area contributed by atoms with Crippen molar-refractivity contribution in [1.82, 2.24) is 25.1 Å². The molecule has 1 saturated heterocycles. The van der Waals surface area contributed by atoms with Gasteiger partial charge in [0, 0.05) is 19.1 Å². The first-order valence-electron chi connectivity index (χ1n) is 8.76. The molecule has 28 heavy (non-hydrogen) atoms. The molecule has 146 valence electrons. The molecule has 1 aliphatic heterocycles. The van der Waals surface area contributed by atoms with E-state index in [4.69, 9.17) is 0 Å². The molecule has 0 radical (unpaired) electrons. The van der Waals surface area contributed by atoms with Gasteiger partial charge in [0.25, 0.3) is 0 Å². The maximum absolute atomic E-state index is 12.8. The number of halogens is 3. The van der Waals surface area contributed by atoms with E-state index in [2.05, 4.69) is 20.6 Å². The molecule has 1 aromatic carbocycles. The predicted octanol–water partition coefficient (Wildman–Crippen LogP) is 2.08. The van der Waals surface area contributed by atoms with Crippen LogP contribution in [0.25, 0.3) is 5.65 Å². The van der Waals surface area contributed by atoms with Gasteiger partial charge in [-0.2, -0.15) is 17.7 Å². The summed E-state index contributed by atoms with van der Waals surface area (Å²) >= 11 is 0. The molecule has 1 fully saturated rings. The van der Waals surface area contributed by atoms with Crippen LogP contribution in [0.1, 0.15) is 17.5 Å². The molecule has 1 amide bonds. The number of carbonyl (C=O) groups excluding carboxylic acids is 1. The molecule has 0 bridgehead atoms. The summed E-state index contributed by atoms with van der Waals surface area (Å²) in [6.45, 7) is 1.30. The van der Waals surface area contributed by atoms with Crippen molar-refractivity contribution in [2.45, 2.75) is 25.1 Å². The first-order chi connectivity index (χ1) is 13.4. The van der Waals surface area contributed by atoms with E-state index < -0.39 is 11.7 Å². The van der Waals surface area contributed by atoms with Crippen LogP contribution in [0.2, 0.25) is 0 Å². The van der Waals surface area contributed by atoms with Crippen molar-refractivity contribution in [3.63, 3.8) is 0 Å². The van der Waals surface area contributed by atoms with Crippen LogP contribution in [-0.4, -0.2) is 44.8 Å². The van der Waals surface area contributed by atoms with E-state index in [1.165, 1.54) is 18.5 Å². The maximum Gasteiger partial charge on any atom is 0.416 e. The average molecular weight is 390 g/mol. The van der Waals surface area contributed by atoms with Gasteiger partial charge >= 0.3 is 6.18 Å². The van der Waals surface area contributed by atoms with E-state index in [1.807, 2.05) is 17.0 Å². The van der Waals surface area contributed by atoms with Crippen molar-refractivity contribution in [3.05, 3.63) is 53.9 Å². The van der Waals surface area contributed by atoms with Gasteiger partial charge in [-0.1, -0.05) is 18.2 Å². The highest BCUT2D eigenvalue weighted by Gasteiger charge is 2.30. The Morgan fingerprint density at radius 3 is 2.93 bits per heavy atom. The fraction of sp³-hybridized carbons (Fsp3) is 0.333. The zero-order valence-electron chi connectivity index (χ0n) is 14.7. The molecule has 1 N–H and O–H groups in total. The second kappa shape index (κ2) is 7.10. The summed E-state index contributed by atoms with van der Waals surface area (Å²) < 4.78 is 40.0. The number of alkyl halides is 3. The minimum Gasteiger partial charge on any atom is -0.353 e. The van der Waals surface area contributed by atoms with Crippen LogP contribution in [0.15, 0.2) is 42.7 Å². The lowest BCUT2D eigenvalue weighted by atomic mass is 10.1. The zero-order chi connectivity index (χ0) is 19.7. The number of nitrogens with one attached hydrogen (secondary N) is 1. The first-order valence-corrected chi connectivity index (χ1v) is 8.76. The number of benzene rings is 1. The van der Waals surface area contributed by atoms with E-state index in [-0.39, 0.29) is 18.4 Å². The Morgan fingerprint density at radius 1 is 1.25 bits per heavy atom. The van der Waals surface area contributed by atoms with E-state index in [9.17, 15) is 18.0 Å². The molecule has 3 aromatic rings. The molecule has 7 nitrogen and oxygen atoms in total. The molecule has 1 atom stereocenters. The number of amides is 1. The van der Waals surface area contributed by atoms with Crippen molar-refractivity contribution in [2.75, 3.05) is 18.0 Å². The van der Waals surface area contributed by atoms with Crippen LogP contribution in [0, 0.1) is 0 Å². The highest BCUT2D eigenvalue weighted by molar-refractivity contribution is 5.79. The van der Waals surface area contributed by atoms with Crippen LogP contribution >= 0.6 is 0 Å². The van der Waals surface area contributed by atoms with Gasteiger partial charge in [-0.3, -0.25) is 4.79 Å². The molecule has 0 spiro atoms. The number of hydrogen-bond acceptors (Lipinski definition) is 5. The molecule has 10 heteroatoms. The van der Waals surface area contributed by atoms with Crippen molar-refractivity contribution in [2.24, 2.45) is 0 Å². The molecule has 0 aliphatic carbocycles. The molecular weight excluding hydrogens is 373 g/mol. The Hall–Kier alpha value is -3.17. The molecule has 1 aliphatic rings. The third kappa shape index (κ3) is 3.90. The standard InChI is InChI=1S/C18H17F3N6O/c19-18(20,21)13-3-1-2-12(8-13)9-17(28)23-14-6-7-26(10-14)16-5-4-15-24-22-11-27(15)25-16/h1-5,8,11,14H,6-7,9-10H2,(H,23,28)/t14-/m0/s1. The van der Waals surface area contributed by atoms with Gasteiger partial charge in [-0.15, -0.1) is 15.3 Å². The third-order valence-electron chi connectivity index (χ3n) is 4.64. The van der Waals surface area contributed by atoms with Crippen molar-refractivity contribution in [1.29, 1.82) is 0 Å². The number of anilines is 1. The normalized spacial score (nSPS) is 17.2. The lowest BCUT2D eigenvalue weighted by Crippen LogP contribution is -2.38. The number of fused-ring (bicyclic) bond motifs is 1. The minimum atomic E-state index is -4.42. The number of nitrogens with zero attached hydrogens (tertiary/aromatic N) is 5. The van der Waals surface area contributed by atoms with Gasteiger partial charge in [0.15, 0.2) is 5.65 Å². The Bertz CT molecular complexity index is 1000. The van der Waals surface area contributed by atoms with Crippen LogP contribution < -0.4 is 10.2 Å². The third-order valence-corrected chi connectivity index (χ3v) is 4.64. The summed E-state index contributed by atoms with van der Waals surface area (Å²) in [5, 5.41) is 15.0. The number of carbonyl (C=O) groups is 1. The number of rotatable bonds is 4. The Labute approximate surface area is 158 Å². The van der Waals surface area contributed by atoms with Gasteiger partial charge in [0.2, 0.25) is 5.91 Å². The summed E-state index contributed by atoms with van der Waals surface area (Å²) in [5.41, 5.74) is 0.232. The Balaban J connectivity index is 1.35. The highest BCUT2D eigenvalue weighted by atomic mass is 19.4. The highest BCUT2D eigenvalue weighted by Crippen LogP contribution is 2.29. The van der Waals surface area contributed by atoms with E-state index in [1.54, 1.807) is 4.52 Å². The Kier molecular flexibility index (Phi) is 4.62. The zero-order valence-corrected chi connectivity index (χ0v) is 14.7. The molecule has 4 rings (SSSR count). The SMILES string of the molecule is O=C(Cc1cccc(C(F)(F)F)c1)N[C@H]1CCN(c2ccc3nncn3n2)C1. The molecule has 3 heterocycles. The van der Waals surface area contributed by atoms with Crippen molar-refractivity contribution >= 4 is 17.4 Å². The van der Waals surface area contributed by atoms with E-state index in [0.29, 0.717) is 17.8 Å². The summed E-state index contributed by atoms with van der Waals surface area (Å²) in [4.78, 5) is 14.3. The number of hydrogen-bond donors (Lipinski definition) is 1. The van der Waals surface area contributed by atoms with Crippen LogP contribution in [-0.2, 0) is 17.4 Å². The summed E-state index contributed by atoms with van der Waals surface area (Å²) in [5.74, 6) is 0.454. The monoisotopic (exact) mass is 390 g/mol. The van der Waals surface area contributed by atoms with E-state index in [0.717, 1.165) is 30.9 Å². The fourth-order valence-corrected chi connectivity index (χ4v) is 3.29. The summed E-state index contributed by atoms with van der Waals surface area (Å²) in [6, 6.07) is 8.42. The van der Waals surface area contributed by atoms with Gasteiger partial charge in [-0.25, -0.2) is 0 Å². The molecule has 0 saturated carbocycles. The first kappa shape index (κ1) is 18.2. The minimum absolute atomic E-state index is 0.0864. The van der Waals surface area contributed by atoms with Crippen LogP contribution in [0.4, 0.5) is 19.0 Å². The summed E-state index contributed by atoms with van der Waals surface area (Å²) in [7, 11) is 0. The van der Waals surface area contributed by atoms with Crippen molar-refractivity contribution < 1.29 is 18.0 Å². The van der Waals surface area contributed by atoms with Crippen LogP contribution in [0.3, 0.4) is 0 Å². The van der Waals surface area contributed by atoms with Gasteiger partial charge in [-0.05, 0) is 30.2 Å². The average Bonchev–Trinajstić information content (AvgIpc) is 3.29. The smallest absolute Gasteiger partial charge is 0.353 e. The quantitative estimate of drug-likeness (QED) is 0.738. The summed E-state index contributed by atoms with van der Waals surface area (Å²) in [6.07, 6.45) is -2.26. The molecule has 2 aromatic heterocycles. The number of aromatic nitrogens is 4. The fourth-order valence-electron chi connectivity index (χ4n) is 3.29. The maximum atomic E-state index is 12.8. The Morgan fingerprint density at radius 2 is 2.11 bits per heavy atom. The van der Waals surface area contributed by atoms with Gasteiger partial charge in [0.05, 0.1) is 12.0 Å². The lowest BCUT2D eigenvalue weighted by molar-refractivity contribution is -0.137. The largest absolute Gasteiger partial charge is 0.416 e. The molecule has 0 unspecified atom stereocenters. The van der Waals surface area contributed by atoms with E-state index >= 15 is 0 Å². The van der Waals surface area contributed by atoms with Crippen molar-refractivity contribution in [3.8, 4) is 0 Å². The lowest BCUT2D eigenvalue weighted by Gasteiger charge is -2.18. The second-order valence-electron chi connectivity index (χ2n) is 6.70. The van der Waals surface area contributed by atoms with Gasteiger partial charge in [0.1, 0.15) is 12.1 Å². The second-order valence-corrected chi connectivity index (χ2v) is 6.70. The topological polar surface area (TPSA) is 75.4 Å². The van der Waals surface area contributed by atoms with Crippen LogP contribution in [0.5, 0.6) is 0 Å².